The van der Waals surface area contributed by atoms with Gasteiger partial charge in [0.1, 0.15) is 23.6 Å². The molecule has 6 rings (SSSR count). The first kappa shape index (κ1) is 53.4. The van der Waals surface area contributed by atoms with Crippen molar-refractivity contribution < 1.29 is 38.2 Å². The third-order valence-electron chi connectivity index (χ3n) is 13.3. The van der Waals surface area contributed by atoms with E-state index in [9.17, 15) is 24.0 Å². The Balaban J connectivity index is 1.35. The van der Waals surface area contributed by atoms with Crippen LogP contribution in [0, 0.1) is 5.92 Å². The molecule has 15 nitrogen and oxygen atoms in total. The van der Waals surface area contributed by atoms with Crippen molar-refractivity contribution in [2.45, 2.75) is 89.1 Å². The molecule has 0 spiro atoms. The minimum Gasteiger partial charge on any atom is -0.457 e. The maximum atomic E-state index is 15.0. The molecule has 4 aromatic carbocycles. The summed E-state index contributed by atoms with van der Waals surface area (Å²) < 4.78 is 11.9. The second kappa shape index (κ2) is 25.2. The van der Waals surface area contributed by atoms with Gasteiger partial charge in [-0.25, -0.2) is 0 Å². The summed E-state index contributed by atoms with van der Waals surface area (Å²) in [5, 5.41) is 9.81. The zero-order valence-electron chi connectivity index (χ0n) is 40.8. The zero-order chi connectivity index (χ0) is 50.5. The number of carbonyl (C=O) groups excluding carboxylic acids is 6. The monoisotopic (exact) mass is 997 g/mol. The molecule has 5 atom stereocenters. The molecule has 2 saturated heterocycles. The van der Waals surface area contributed by atoms with E-state index in [4.69, 9.17) is 32.7 Å². The van der Waals surface area contributed by atoms with Crippen molar-refractivity contribution in [2.24, 2.45) is 5.92 Å². The molecule has 0 aliphatic carbocycles. The van der Waals surface area contributed by atoms with Crippen molar-refractivity contribution in [3.05, 3.63) is 129 Å². The summed E-state index contributed by atoms with van der Waals surface area (Å²) in [4.78, 5) is 92.3. The second-order valence-corrected chi connectivity index (χ2v) is 19.4. The molecule has 2 heterocycles. The number of halogens is 2. The van der Waals surface area contributed by atoms with Gasteiger partial charge in [-0.2, -0.15) is 0 Å². The van der Waals surface area contributed by atoms with Crippen LogP contribution in [-0.4, -0.2) is 140 Å². The van der Waals surface area contributed by atoms with E-state index < -0.39 is 47.8 Å². The number of carbonyl (C=O) groups is 6. The average molecular weight is 999 g/mol. The summed E-state index contributed by atoms with van der Waals surface area (Å²) in [6, 6.07) is 24.7. The SMILES string of the molecule is COC[C@@H]1NC(=O)[C@H](C)N(Cc2ccc(Cl)cc2Oc2cccc(C(=O)NC3CCN(C)CC3)c2)C(=O)C[C@@H](Cc2ccccc2)C(=O)N(C)[C@@H](C)CNC(=O)C[C@H](Cc2ccc(Cl)cc2)N(C)C1=O. The molecule has 0 radical (unpaired) electrons. The molecule has 17 heteroatoms. The van der Waals surface area contributed by atoms with E-state index in [0.29, 0.717) is 26.9 Å². The van der Waals surface area contributed by atoms with Crippen molar-refractivity contribution >= 4 is 58.6 Å². The molecule has 6 amide bonds. The highest BCUT2D eigenvalue weighted by Gasteiger charge is 2.36. The highest BCUT2D eigenvalue weighted by atomic mass is 35.5. The summed E-state index contributed by atoms with van der Waals surface area (Å²) in [6.07, 6.45) is 1.82. The number of nitrogens with one attached hydrogen (secondary N) is 3. The lowest BCUT2D eigenvalue weighted by molar-refractivity contribution is -0.147. The average Bonchev–Trinajstić information content (AvgIpc) is 3.35. The number of benzene rings is 4. The summed E-state index contributed by atoms with van der Waals surface area (Å²) in [5.41, 5.74) is 2.54. The van der Waals surface area contributed by atoms with Crippen LogP contribution in [0.4, 0.5) is 0 Å². The third-order valence-corrected chi connectivity index (χ3v) is 13.7. The molecule has 3 N–H and O–H groups in total. The Morgan fingerprint density at radius 2 is 1.46 bits per heavy atom. The minimum absolute atomic E-state index is 0.0521. The van der Waals surface area contributed by atoms with Crippen molar-refractivity contribution in [2.75, 3.05) is 54.5 Å². The van der Waals surface area contributed by atoms with Gasteiger partial charge < -0.3 is 45.0 Å². The van der Waals surface area contributed by atoms with Crippen LogP contribution in [-0.2, 0) is 48.1 Å². The first-order valence-electron chi connectivity index (χ1n) is 23.7. The molecule has 0 bridgehead atoms. The number of piperidine rings is 1. The van der Waals surface area contributed by atoms with E-state index in [-0.39, 0.29) is 74.9 Å². The Bertz CT molecular complexity index is 2450. The predicted molar refractivity (Wildman–Crippen MR) is 270 cm³/mol. The predicted octanol–water partition coefficient (Wildman–Crippen LogP) is 6.14. The topological polar surface area (TPSA) is 170 Å². The summed E-state index contributed by atoms with van der Waals surface area (Å²) in [6.45, 7) is 4.87. The fourth-order valence-electron chi connectivity index (χ4n) is 8.73. The standard InChI is InChI=1S/C53H65Cl2N7O8/c1-34-31-56-48(63)30-44(26-37-15-18-41(54)19-16-37)61(5)53(68)46(33-69-6)58-50(65)35(2)62(49(64)28-40(52(67)60(34)4)25-36-11-8-7-9-12-36)32-39-17-20-42(55)29-47(39)70-45-14-10-13-38(27-45)51(66)57-43-21-23-59(3)24-22-43/h7-20,27,29,34-35,40,43-44,46H,21-26,28,30-33H2,1-6H3,(H,56,63)(H,57,66)(H,58,65)/t34-,35-,40+,44-,46-/m0/s1. The molecule has 0 unspecified atom stereocenters. The van der Waals surface area contributed by atoms with Crippen LogP contribution in [0.5, 0.6) is 11.5 Å². The summed E-state index contributed by atoms with van der Waals surface area (Å²) >= 11 is 12.8. The van der Waals surface area contributed by atoms with Gasteiger partial charge in [-0.15, -0.1) is 0 Å². The summed E-state index contributed by atoms with van der Waals surface area (Å²) in [7, 11) is 6.68. The maximum Gasteiger partial charge on any atom is 0.251 e. The first-order valence-corrected chi connectivity index (χ1v) is 24.5. The smallest absolute Gasteiger partial charge is 0.251 e. The lowest BCUT2D eigenvalue weighted by Gasteiger charge is -2.35. The molecule has 0 saturated carbocycles. The number of hydrogen-bond acceptors (Lipinski definition) is 9. The van der Waals surface area contributed by atoms with Crippen LogP contribution in [0.3, 0.4) is 0 Å². The van der Waals surface area contributed by atoms with Gasteiger partial charge in [0.2, 0.25) is 29.5 Å². The molecule has 2 aliphatic rings. The van der Waals surface area contributed by atoms with Gasteiger partial charge in [-0.1, -0.05) is 77.8 Å². The first-order chi connectivity index (χ1) is 33.5. The minimum atomic E-state index is -1.21. The van der Waals surface area contributed by atoms with Crippen molar-refractivity contribution in [1.82, 2.24) is 35.6 Å². The molecule has 70 heavy (non-hydrogen) atoms. The summed E-state index contributed by atoms with van der Waals surface area (Å²) in [5.74, 6) is -2.84. The van der Waals surface area contributed by atoms with Crippen LogP contribution < -0.4 is 20.7 Å². The lowest BCUT2D eigenvalue weighted by Crippen LogP contribution is -2.57. The lowest BCUT2D eigenvalue weighted by atomic mass is 9.93. The van der Waals surface area contributed by atoms with Crippen LogP contribution in [0.15, 0.2) is 97.1 Å². The molecule has 4 aromatic rings. The number of ether oxygens (including phenoxy) is 2. The quantitative estimate of drug-likeness (QED) is 0.151. The number of nitrogens with zero attached hydrogens (tertiary/aromatic N) is 4. The Morgan fingerprint density at radius 1 is 0.771 bits per heavy atom. The number of rotatable bonds is 12. The van der Waals surface area contributed by atoms with Crippen molar-refractivity contribution in [3.63, 3.8) is 0 Å². The highest BCUT2D eigenvalue weighted by molar-refractivity contribution is 6.31. The number of likely N-dealkylation sites (tertiary alicyclic amines) is 1. The number of amides is 6. The van der Waals surface area contributed by atoms with E-state index >= 15 is 4.79 Å². The normalized spacial score (nSPS) is 22.0. The van der Waals surface area contributed by atoms with E-state index in [1.165, 1.54) is 21.8 Å². The molecular formula is C53H65Cl2N7O8. The number of likely N-dealkylation sites (N-methyl/N-ethyl adjacent to an activating group) is 2. The number of methoxy groups -OCH3 is 1. The highest BCUT2D eigenvalue weighted by Crippen LogP contribution is 2.32. The van der Waals surface area contributed by atoms with Crippen molar-refractivity contribution in [3.8, 4) is 11.5 Å². The maximum absolute atomic E-state index is 15.0. The van der Waals surface area contributed by atoms with E-state index in [2.05, 4.69) is 27.9 Å². The molecule has 2 aliphatic heterocycles. The van der Waals surface area contributed by atoms with Gasteiger partial charge in [0.15, 0.2) is 0 Å². The molecule has 2 fully saturated rings. The number of hydrogen-bond donors (Lipinski definition) is 3. The Kier molecular flexibility index (Phi) is 19.2. The van der Waals surface area contributed by atoms with Gasteiger partial charge in [-0.3, -0.25) is 28.8 Å². The van der Waals surface area contributed by atoms with E-state index in [0.717, 1.165) is 37.1 Å². The zero-order valence-corrected chi connectivity index (χ0v) is 42.3. The molecule has 374 valence electrons. The van der Waals surface area contributed by atoms with Gasteiger partial charge in [0.05, 0.1) is 19.1 Å². The van der Waals surface area contributed by atoms with Crippen LogP contribution in [0.2, 0.25) is 10.0 Å². The van der Waals surface area contributed by atoms with E-state index in [1.807, 2.05) is 49.4 Å². The van der Waals surface area contributed by atoms with Gasteiger partial charge in [0, 0.05) is 79.9 Å². The fourth-order valence-corrected chi connectivity index (χ4v) is 9.02. The van der Waals surface area contributed by atoms with Crippen LogP contribution in [0.1, 0.15) is 66.6 Å². The fraction of sp³-hybridized carbons (Fsp3) is 0.434. The Morgan fingerprint density at radius 3 is 2.16 bits per heavy atom. The van der Waals surface area contributed by atoms with E-state index in [1.54, 1.807) is 75.6 Å². The molecule has 0 aromatic heterocycles. The van der Waals surface area contributed by atoms with Crippen molar-refractivity contribution in [1.29, 1.82) is 0 Å². The van der Waals surface area contributed by atoms with Crippen LogP contribution >= 0.6 is 23.2 Å². The second-order valence-electron chi connectivity index (χ2n) is 18.5. The third kappa shape index (κ3) is 14.8. The Hall–Kier alpha value is -6.00. The largest absolute Gasteiger partial charge is 0.457 e. The Labute approximate surface area is 421 Å². The van der Waals surface area contributed by atoms with Gasteiger partial charge >= 0.3 is 0 Å². The molecular weight excluding hydrogens is 934 g/mol. The van der Waals surface area contributed by atoms with Crippen LogP contribution in [0.25, 0.3) is 0 Å². The van der Waals surface area contributed by atoms with Gasteiger partial charge in [-0.05, 0) is 113 Å². The van der Waals surface area contributed by atoms with Gasteiger partial charge in [0.25, 0.3) is 5.91 Å².